The van der Waals surface area contributed by atoms with E-state index in [0.29, 0.717) is 12.1 Å². The number of benzene rings is 1. The molecule has 0 aromatic heterocycles. The first kappa shape index (κ1) is 17.1. The normalized spacial score (nSPS) is 13.3. The second-order valence-corrected chi connectivity index (χ2v) is 4.97. The van der Waals surface area contributed by atoms with Crippen LogP contribution in [0.4, 0.5) is 4.39 Å². The summed E-state index contributed by atoms with van der Waals surface area (Å²) in [5.41, 5.74) is 6.16. The molecule has 0 radical (unpaired) electrons. The van der Waals surface area contributed by atoms with Crippen LogP contribution in [0.2, 0.25) is 0 Å². The highest BCUT2D eigenvalue weighted by Crippen LogP contribution is 2.04. The molecule has 5 nitrogen and oxygen atoms in total. The lowest BCUT2D eigenvalue weighted by molar-refractivity contribution is -0.123. The molecule has 1 rings (SSSR count). The average Bonchev–Trinajstić information content (AvgIpc) is 2.50. The molecule has 1 aromatic rings. The number of halogens is 1. The van der Waals surface area contributed by atoms with Crippen LogP contribution in [0.15, 0.2) is 24.3 Å². The third-order valence-corrected chi connectivity index (χ3v) is 3.38. The summed E-state index contributed by atoms with van der Waals surface area (Å²) in [6, 6.07) is 4.72. The second kappa shape index (κ2) is 8.36. The maximum Gasteiger partial charge on any atom is 0.251 e. The van der Waals surface area contributed by atoms with Gasteiger partial charge >= 0.3 is 0 Å². The van der Waals surface area contributed by atoms with Crippen LogP contribution in [0, 0.1) is 11.7 Å². The Bertz CT molecular complexity index is 476. The van der Waals surface area contributed by atoms with Crippen molar-refractivity contribution in [2.45, 2.75) is 26.3 Å². The lowest BCUT2D eigenvalue weighted by atomic mass is 9.99. The van der Waals surface area contributed by atoms with Gasteiger partial charge in [-0.2, -0.15) is 0 Å². The van der Waals surface area contributed by atoms with Crippen LogP contribution in [-0.2, 0) is 4.79 Å². The number of hydrogen-bond acceptors (Lipinski definition) is 3. The van der Waals surface area contributed by atoms with Gasteiger partial charge in [-0.25, -0.2) is 4.39 Å². The van der Waals surface area contributed by atoms with E-state index in [0.717, 1.165) is 6.42 Å². The predicted octanol–water partition coefficient (Wildman–Crippen LogP) is 1.05. The van der Waals surface area contributed by atoms with Gasteiger partial charge in [0.05, 0.1) is 6.04 Å². The van der Waals surface area contributed by atoms with Gasteiger partial charge in [-0.15, -0.1) is 0 Å². The maximum absolute atomic E-state index is 12.7. The van der Waals surface area contributed by atoms with Gasteiger partial charge in [0, 0.05) is 18.7 Å². The smallest absolute Gasteiger partial charge is 0.251 e. The number of nitrogens with two attached hydrogens (primary N) is 1. The zero-order valence-electron chi connectivity index (χ0n) is 12.4. The van der Waals surface area contributed by atoms with Crippen LogP contribution < -0.4 is 16.4 Å². The summed E-state index contributed by atoms with van der Waals surface area (Å²) in [4.78, 5) is 23.4. The predicted molar refractivity (Wildman–Crippen MR) is 79.2 cm³/mol. The molecule has 0 fully saturated rings. The maximum atomic E-state index is 12.7. The van der Waals surface area contributed by atoms with E-state index in [2.05, 4.69) is 10.6 Å². The van der Waals surface area contributed by atoms with Crippen molar-refractivity contribution in [2.75, 3.05) is 13.1 Å². The largest absolute Gasteiger partial charge is 0.353 e. The Morgan fingerprint density at radius 1 is 1.19 bits per heavy atom. The van der Waals surface area contributed by atoms with Crippen LogP contribution >= 0.6 is 0 Å². The van der Waals surface area contributed by atoms with Gasteiger partial charge in [-0.3, -0.25) is 9.59 Å². The summed E-state index contributed by atoms with van der Waals surface area (Å²) in [7, 11) is 0. The standard InChI is InChI=1S/C15H22FN3O2/c1-3-10(2)13(17)15(21)19-9-8-18-14(20)11-4-6-12(16)7-5-11/h4-7,10,13H,3,8-9,17H2,1-2H3,(H,18,20)(H,19,21). The molecular formula is C15H22FN3O2. The molecule has 116 valence electrons. The van der Waals surface area contributed by atoms with Crippen molar-refractivity contribution < 1.29 is 14.0 Å². The molecule has 0 bridgehead atoms. The van der Waals surface area contributed by atoms with E-state index in [1.807, 2.05) is 13.8 Å². The molecule has 0 saturated carbocycles. The van der Waals surface area contributed by atoms with Crippen LogP contribution in [0.25, 0.3) is 0 Å². The lowest BCUT2D eigenvalue weighted by Crippen LogP contribution is -2.46. The summed E-state index contributed by atoms with van der Waals surface area (Å²) >= 11 is 0. The number of carbonyl (C=O) groups is 2. The van der Waals surface area contributed by atoms with Crippen molar-refractivity contribution in [2.24, 2.45) is 11.7 Å². The highest BCUT2D eigenvalue weighted by molar-refractivity contribution is 5.94. The molecule has 0 aliphatic heterocycles. The van der Waals surface area contributed by atoms with Gasteiger partial charge in [0.25, 0.3) is 5.91 Å². The molecule has 21 heavy (non-hydrogen) atoms. The van der Waals surface area contributed by atoms with Gasteiger partial charge in [0.15, 0.2) is 0 Å². The quantitative estimate of drug-likeness (QED) is 0.657. The summed E-state index contributed by atoms with van der Waals surface area (Å²) in [5, 5.41) is 5.31. The molecule has 6 heteroatoms. The molecule has 2 unspecified atom stereocenters. The summed E-state index contributed by atoms with van der Waals surface area (Å²) in [5.74, 6) is -0.812. The van der Waals surface area contributed by atoms with Crippen LogP contribution in [0.3, 0.4) is 0 Å². The Labute approximate surface area is 124 Å². The Hall–Kier alpha value is -1.95. The minimum Gasteiger partial charge on any atom is -0.353 e. The number of amides is 2. The highest BCUT2D eigenvalue weighted by atomic mass is 19.1. The van der Waals surface area contributed by atoms with Gasteiger partial charge in [0.1, 0.15) is 5.82 Å². The molecule has 0 spiro atoms. The fourth-order valence-electron chi connectivity index (χ4n) is 1.70. The first-order chi connectivity index (χ1) is 9.95. The number of rotatable bonds is 7. The zero-order chi connectivity index (χ0) is 15.8. The van der Waals surface area contributed by atoms with E-state index in [-0.39, 0.29) is 24.3 Å². The molecule has 0 aliphatic rings. The van der Waals surface area contributed by atoms with Crippen molar-refractivity contribution in [3.05, 3.63) is 35.6 Å². The second-order valence-electron chi connectivity index (χ2n) is 4.97. The van der Waals surface area contributed by atoms with E-state index in [4.69, 9.17) is 5.73 Å². The van der Waals surface area contributed by atoms with E-state index in [1.165, 1.54) is 24.3 Å². The van der Waals surface area contributed by atoms with Gasteiger partial charge in [-0.1, -0.05) is 20.3 Å². The zero-order valence-corrected chi connectivity index (χ0v) is 12.4. The monoisotopic (exact) mass is 295 g/mol. The molecule has 1 aromatic carbocycles. The summed E-state index contributed by atoms with van der Waals surface area (Å²) in [6.07, 6.45) is 0.829. The third kappa shape index (κ3) is 5.51. The van der Waals surface area contributed by atoms with E-state index in [9.17, 15) is 14.0 Å². The van der Waals surface area contributed by atoms with Crippen LogP contribution in [0.1, 0.15) is 30.6 Å². The van der Waals surface area contributed by atoms with Gasteiger partial charge < -0.3 is 16.4 Å². The highest BCUT2D eigenvalue weighted by Gasteiger charge is 2.18. The van der Waals surface area contributed by atoms with Crippen molar-refractivity contribution >= 4 is 11.8 Å². The molecule has 0 heterocycles. The van der Waals surface area contributed by atoms with Crippen molar-refractivity contribution in [3.8, 4) is 0 Å². The topological polar surface area (TPSA) is 84.2 Å². The first-order valence-electron chi connectivity index (χ1n) is 7.02. The fourth-order valence-corrected chi connectivity index (χ4v) is 1.70. The van der Waals surface area contributed by atoms with Crippen molar-refractivity contribution in [3.63, 3.8) is 0 Å². The number of carbonyl (C=O) groups excluding carboxylic acids is 2. The van der Waals surface area contributed by atoms with Crippen molar-refractivity contribution in [1.82, 2.24) is 10.6 Å². The fraction of sp³-hybridized carbons (Fsp3) is 0.467. The Kier molecular flexibility index (Phi) is 6.81. The number of nitrogens with one attached hydrogen (secondary N) is 2. The Balaban J connectivity index is 2.29. The molecule has 0 saturated heterocycles. The van der Waals surface area contributed by atoms with Crippen LogP contribution in [-0.4, -0.2) is 30.9 Å². The molecule has 4 N–H and O–H groups in total. The Morgan fingerprint density at radius 3 is 2.33 bits per heavy atom. The Morgan fingerprint density at radius 2 is 1.76 bits per heavy atom. The minimum absolute atomic E-state index is 0.110. The van der Waals surface area contributed by atoms with Gasteiger partial charge in [-0.05, 0) is 30.2 Å². The van der Waals surface area contributed by atoms with E-state index in [1.54, 1.807) is 0 Å². The first-order valence-corrected chi connectivity index (χ1v) is 7.02. The van der Waals surface area contributed by atoms with Crippen LogP contribution in [0.5, 0.6) is 0 Å². The van der Waals surface area contributed by atoms with E-state index < -0.39 is 11.9 Å². The summed E-state index contributed by atoms with van der Waals surface area (Å²) < 4.78 is 12.7. The van der Waals surface area contributed by atoms with Gasteiger partial charge in [0.2, 0.25) is 5.91 Å². The summed E-state index contributed by atoms with van der Waals surface area (Å²) in [6.45, 7) is 4.48. The molecule has 2 atom stereocenters. The average molecular weight is 295 g/mol. The van der Waals surface area contributed by atoms with Crippen molar-refractivity contribution in [1.29, 1.82) is 0 Å². The minimum atomic E-state index is -0.539. The number of hydrogen-bond donors (Lipinski definition) is 3. The SMILES string of the molecule is CCC(C)C(N)C(=O)NCCNC(=O)c1ccc(F)cc1. The van der Waals surface area contributed by atoms with E-state index >= 15 is 0 Å². The molecule has 2 amide bonds. The molecular weight excluding hydrogens is 273 g/mol. The molecule has 0 aliphatic carbocycles. The lowest BCUT2D eigenvalue weighted by Gasteiger charge is -2.17. The third-order valence-electron chi connectivity index (χ3n) is 3.38.